The summed E-state index contributed by atoms with van der Waals surface area (Å²) in [6, 6.07) is 17.5. The minimum atomic E-state index is -3.65. The van der Waals surface area contributed by atoms with Crippen molar-refractivity contribution in [1.29, 1.82) is 0 Å². The van der Waals surface area contributed by atoms with Crippen LogP contribution in [0.25, 0.3) is 22.3 Å². The molecule has 0 unspecified atom stereocenters. The maximum absolute atomic E-state index is 12.6. The lowest BCUT2D eigenvalue weighted by Crippen LogP contribution is -2.12. The van der Waals surface area contributed by atoms with Crippen molar-refractivity contribution in [3.63, 3.8) is 0 Å². The Kier molecular flexibility index (Phi) is 4.37. The number of hydrogen-bond acceptors (Lipinski definition) is 3. The van der Waals surface area contributed by atoms with Crippen LogP contribution in [-0.2, 0) is 10.0 Å². The molecule has 0 spiro atoms. The molecule has 0 atom stereocenters. The van der Waals surface area contributed by atoms with Gasteiger partial charge >= 0.3 is 0 Å². The van der Waals surface area contributed by atoms with E-state index in [9.17, 15) is 8.42 Å². The van der Waals surface area contributed by atoms with Crippen molar-refractivity contribution < 1.29 is 8.42 Å². The summed E-state index contributed by atoms with van der Waals surface area (Å²) < 4.78 is 27.8. The van der Waals surface area contributed by atoms with E-state index in [1.54, 1.807) is 54.7 Å². The molecule has 2 aromatic heterocycles. The van der Waals surface area contributed by atoms with Crippen LogP contribution in [0.2, 0.25) is 5.02 Å². The van der Waals surface area contributed by atoms with Crippen LogP contribution in [-0.4, -0.2) is 18.4 Å². The Morgan fingerprint density at radius 3 is 2.56 bits per heavy atom. The molecule has 0 radical (unpaired) electrons. The number of aryl methyl sites for hydroxylation is 1. The average molecular weight is 398 g/mol. The van der Waals surface area contributed by atoms with E-state index in [4.69, 9.17) is 11.6 Å². The van der Waals surface area contributed by atoms with Gasteiger partial charge < -0.3 is 4.98 Å². The number of rotatable bonds is 4. The number of anilines is 1. The number of hydrogen-bond donors (Lipinski definition) is 2. The second-order valence-electron chi connectivity index (χ2n) is 6.24. The van der Waals surface area contributed by atoms with Gasteiger partial charge in [0.1, 0.15) is 5.65 Å². The Morgan fingerprint density at radius 2 is 1.81 bits per heavy atom. The molecule has 0 saturated carbocycles. The number of nitrogens with one attached hydrogen (secondary N) is 2. The zero-order chi connectivity index (χ0) is 19.0. The van der Waals surface area contributed by atoms with Crippen LogP contribution in [0.15, 0.2) is 71.8 Å². The fourth-order valence-corrected chi connectivity index (χ4v) is 4.08. The van der Waals surface area contributed by atoms with E-state index in [1.807, 2.05) is 19.1 Å². The molecule has 27 heavy (non-hydrogen) atoms. The third-order valence-electron chi connectivity index (χ3n) is 4.24. The number of halogens is 1. The normalized spacial score (nSPS) is 11.6. The molecule has 2 N–H and O–H groups in total. The van der Waals surface area contributed by atoms with E-state index in [2.05, 4.69) is 14.7 Å². The van der Waals surface area contributed by atoms with Crippen molar-refractivity contribution >= 4 is 38.3 Å². The predicted molar refractivity (Wildman–Crippen MR) is 109 cm³/mol. The van der Waals surface area contributed by atoms with Crippen LogP contribution >= 0.6 is 11.6 Å². The van der Waals surface area contributed by atoms with Gasteiger partial charge in [-0.1, -0.05) is 41.4 Å². The third kappa shape index (κ3) is 3.54. The predicted octanol–water partition coefficient (Wildman–Crippen LogP) is 4.99. The Bertz CT molecular complexity index is 1230. The average Bonchev–Trinajstić information content (AvgIpc) is 3.08. The first-order valence-electron chi connectivity index (χ1n) is 8.25. The van der Waals surface area contributed by atoms with Gasteiger partial charge in [0.05, 0.1) is 9.92 Å². The maximum Gasteiger partial charge on any atom is 0.261 e. The number of aromatic nitrogens is 2. The first-order valence-corrected chi connectivity index (χ1v) is 10.1. The van der Waals surface area contributed by atoms with Gasteiger partial charge in [0.2, 0.25) is 0 Å². The van der Waals surface area contributed by atoms with Gasteiger partial charge in [0.15, 0.2) is 0 Å². The molecule has 0 bridgehead atoms. The first-order chi connectivity index (χ1) is 12.9. The maximum atomic E-state index is 12.6. The lowest BCUT2D eigenvalue weighted by molar-refractivity contribution is 0.601. The molecule has 4 aromatic rings. The van der Waals surface area contributed by atoms with Crippen molar-refractivity contribution in [1.82, 2.24) is 9.97 Å². The second kappa shape index (κ2) is 6.72. The number of benzene rings is 2. The van der Waals surface area contributed by atoms with Crippen molar-refractivity contribution in [3.05, 3.63) is 77.4 Å². The highest BCUT2D eigenvalue weighted by Crippen LogP contribution is 2.29. The van der Waals surface area contributed by atoms with E-state index in [0.717, 1.165) is 22.2 Å². The Labute approximate surface area is 162 Å². The van der Waals surface area contributed by atoms with Crippen LogP contribution in [0.5, 0.6) is 0 Å². The number of H-pyrrole nitrogens is 1. The SMILES string of the molecule is Cc1ccc(S(=O)(=O)Nc2cccc(-c3cc4c(Cl)ccnc4[nH]3)c2)cc1. The number of aromatic amines is 1. The molecule has 0 amide bonds. The van der Waals surface area contributed by atoms with Gasteiger partial charge in [-0.25, -0.2) is 13.4 Å². The first kappa shape index (κ1) is 17.6. The molecule has 2 heterocycles. The third-order valence-corrected chi connectivity index (χ3v) is 5.96. The quantitative estimate of drug-likeness (QED) is 0.509. The van der Waals surface area contributed by atoms with Gasteiger partial charge in [0.25, 0.3) is 10.0 Å². The molecule has 2 aromatic carbocycles. The summed E-state index contributed by atoms with van der Waals surface area (Å²) in [5.41, 5.74) is 3.80. The summed E-state index contributed by atoms with van der Waals surface area (Å²) in [7, 11) is -3.65. The smallest absolute Gasteiger partial charge is 0.261 e. The number of pyridine rings is 1. The van der Waals surface area contributed by atoms with Crippen LogP contribution in [0.4, 0.5) is 5.69 Å². The van der Waals surface area contributed by atoms with Crippen LogP contribution < -0.4 is 4.72 Å². The summed E-state index contributed by atoms with van der Waals surface area (Å²) in [4.78, 5) is 7.70. The molecule has 0 fully saturated rings. The van der Waals surface area contributed by atoms with E-state index in [1.165, 1.54) is 0 Å². The minimum absolute atomic E-state index is 0.222. The molecular weight excluding hydrogens is 382 g/mol. The van der Waals surface area contributed by atoms with Crippen LogP contribution in [0.3, 0.4) is 0 Å². The molecule has 0 aliphatic carbocycles. The van der Waals surface area contributed by atoms with Gasteiger partial charge in [-0.2, -0.15) is 0 Å². The van der Waals surface area contributed by atoms with E-state index >= 15 is 0 Å². The zero-order valence-corrected chi connectivity index (χ0v) is 16.0. The molecule has 7 heteroatoms. The lowest BCUT2D eigenvalue weighted by Gasteiger charge is -2.09. The molecule has 5 nitrogen and oxygen atoms in total. The standard InChI is InChI=1S/C20H16ClN3O2S/c1-13-5-7-16(8-6-13)27(25,26)24-15-4-2-3-14(11-15)19-12-17-18(21)9-10-22-20(17)23-19/h2-12,24H,1H3,(H,22,23). The number of fused-ring (bicyclic) bond motifs is 1. The highest BCUT2D eigenvalue weighted by molar-refractivity contribution is 7.92. The fourth-order valence-electron chi connectivity index (χ4n) is 2.83. The van der Waals surface area contributed by atoms with Gasteiger partial charge in [0, 0.05) is 28.5 Å². The summed E-state index contributed by atoms with van der Waals surface area (Å²) >= 11 is 6.20. The molecule has 4 rings (SSSR count). The van der Waals surface area contributed by atoms with Crippen molar-refractivity contribution in [2.24, 2.45) is 0 Å². The molecule has 0 aliphatic heterocycles. The van der Waals surface area contributed by atoms with Gasteiger partial charge in [-0.05, 0) is 43.3 Å². The highest BCUT2D eigenvalue weighted by Gasteiger charge is 2.14. The minimum Gasteiger partial charge on any atom is -0.339 e. The second-order valence-corrected chi connectivity index (χ2v) is 8.33. The summed E-state index contributed by atoms with van der Waals surface area (Å²) in [6.07, 6.45) is 1.64. The fraction of sp³-hybridized carbons (Fsp3) is 0.0500. The molecule has 0 saturated heterocycles. The van der Waals surface area contributed by atoms with E-state index in [0.29, 0.717) is 16.4 Å². The summed E-state index contributed by atoms with van der Waals surface area (Å²) in [5, 5.41) is 1.43. The van der Waals surface area contributed by atoms with Crippen LogP contribution in [0, 0.1) is 6.92 Å². The summed E-state index contributed by atoms with van der Waals surface area (Å²) in [5.74, 6) is 0. The summed E-state index contributed by atoms with van der Waals surface area (Å²) in [6.45, 7) is 1.91. The van der Waals surface area contributed by atoms with Crippen LogP contribution in [0.1, 0.15) is 5.56 Å². The highest BCUT2D eigenvalue weighted by atomic mass is 35.5. The van der Waals surface area contributed by atoms with Crippen molar-refractivity contribution in [3.8, 4) is 11.3 Å². The van der Waals surface area contributed by atoms with E-state index in [-0.39, 0.29) is 4.90 Å². The molecular formula is C20H16ClN3O2S. The zero-order valence-electron chi connectivity index (χ0n) is 14.4. The van der Waals surface area contributed by atoms with Crippen molar-refractivity contribution in [2.45, 2.75) is 11.8 Å². The Hall–Kier alpha value is -2.83. The van der Waals surface area contributed by atoms with E-state index < -0.39 is 10.0 Å². The lowest BCUT2D eigenvalue weighted by atomic mass is 10.1. The number of nitrogens with zero attached hydrogens (tertiary/aromatic N) is 1. The van der Waals surface area contributed by atoms with Gasteiger partial charge in [-0.15, -0.1) is 0 Å². The monoisotopic (exact) mass is 397 g/mol. The topological polar surface area (TPSA) is 74.8 Å². The molecule has 136 valence electrons. The Balaban J connectivity index is 1.67. The largest absolute Gasteiger partial charge is 0.339 e. The van der Waals surface area contributed by atoms with Gasteiger partial charge in [-0.3, -0.25) is 4.72 Å². The van der Waals surface area contributed by atoms with Crippen molar-refractivity contribution in [2.75, 3.05) is 4.72 Å². The Morgan fingerprint density at radius 1 is 1.04 bits per heavy atom. The molecule has 0 aliphatic rings. The number of sulfonamides is 1.